The fourth-order valence-corrected chi connectivity index (χ4v) is 3.62. The molecule has 1 atom stereocenters. The van der Waals surface area contributed by atoms with E-state index < -0.39 is 0 Å². The number of carbonyl (C=O) groups is 1. The van der Waals surface area contributed by atoms with Crippen LogP contribution in [0.3, 0.4) is 0 Å². The van der Waals surface area contributed by atoms with Gasteiger partial charge in [0.15, 0.2) is 0 Å². The molecule has 0 saturated carbocycles. The summed E-state index contributed by atoms with van der Waals surface area (Å²) in [6, 6.07) is 2.14. The van der Waals surface area contributed by atoms with Crippen molar-refractivity contribution in [2.75, 3.05) is 20.3 Å². The lowest BCUT2D eigenvalue weighted by Crippen LogP contribution is -2.42. The van der Waals surface area contributed by atoms with Crippen molar-refractivity contribution in [2.45, 2.75) is 45.2 Å². The predicted octanol–water partition coefficient (Wildman–Crippen LogP) is 1.87. The molecule has 1 aliphatic rings. The molecule has 112 valence electrons. The first-order valence-electron chi connectivity index (χ1n) is 7.31. The second kappa shape index (κ2) is 7.76. The van der Waals surface area contributed by atoms with E-state index in [1.807, 2.05) is 18.3 Å². The highest BCUT2D eigenvalue weighted by atomic mass is 32.1. The van der Waals surface area contributed by atoms with Crippen LogP contribution < -0.4 is 10.6 Å². The van der Waals surface area contributed by atoms with Gasteiger partial charge in [0.05, 0.1) is 6.04 Å². The van der Waals surface area contributed by atoms with Crippen LogP contribution in [0.2, 0.25) is 0 Å². The summed E-state index contributed by atoms with van der Waals surface area (Å²) in [7, 11) is 1.67. The van der Waals surface area contributed by atoms with Crippen molar-refractivity contribution >= 4 is 17.2 Å². The quantitative estimate of drug-likeness (QED) is 0.720. The van der Waals surface area contributed by atoms with Crippen LogP contribution in [0.25, 0.3) is 0 Å². The molecular formula is C15H24N2O2S. The summed E-state index contributed by atoms with van der Waals surface area (Å²) in [5, 5.41) is 6.21. The molecule has 20 heavy (non-hydrogen) atoms. The molecule has 0 saturated heterocycles. The third-order valence-corrected chi connectivity index (χ3v) is 4.83. The number of methoxy groups -OCH3 is 1. The summed E-state index contributed by atoms with van der Waals surface area (Å²) >= 11 is 1.89. The maximum absolute atomic E-state index is 11.9. The second-order valence-corrected chi connectivity index (χ2v) is 6.48. The molecule has 0 aromatic carbocycles. The molecule has 1 unspecified atom stereocenters. The van der Waals surface area contributed by atoms with Crippen LogP contribution in [-0.4, -0.2) is 32.2 Å². The molecule has 1 aliphatic carbocycles. The molecule has 4 nitrogen and oxygen atoms in total. The van der Waals surface area contributed by atoms with Crippen LogP contribution in [0.1, 0.15) is 35.1 Å². The van der Waals surface area contributed by atoms with Crippen molar-refractivity contribution in [1.82, 2.24) is 10.6 Å². The first-order chi connectivity index (χ1) is 9.70. The van der Waals surface area contributed by atoms with Crippen LogP contribution in [0.15, 0.2) is 6.07 Å². The summed E-state index contributed by atoms with van der Waals surface area (Å²) in [5.74, 6) is 0.0604. The maximum atomic E-state index is 11.9. The van der Waals surface area contributed by atoms with Gasteiger partial charge in [0.25, 0.3) is 0 Å². The standard InChI is InChI=1S/C15H24N2O2S/c1-11(15(18)16-7-4-8-19-2)17-10-13-9-12-5-3-6-14(12)20-13/h9,11,17H,3-8,10H2,1-2H3,(H,16,18). The minimum atomic E-state index is -0.158. The summed E-state index contributed by atoms with van der Waals surface area (Å²) in [4.78, 5) is 14.7. The van der Waals surface area contributed by atoms with E-state index in [4.69, 9.17) is 4.74 Å². The van der Waals surface area contributed by atoms with Crippen LogP contribution >= 0.6 is 11.3 Å². The third kappa shape index (κ3) is 4.30. The van der Waals surface area contributed by atoms with E-state index in [9.17, 15) is 4.79 Å². The number of ether oxygens (including phenoxy) is 1. The molecule has 0 aliphatic heterocycles. The fourth-order valence-electron chi connectivity index (χ4n) is 2.41. The molecule has 1 amide bonds. The average Bonchev–Trinajstić information content (AvgIpc) is 3.01. The highest BCUT2D eigenvalue weighted by molar-refractivity contribution is 7.12. The molecule has 2 N–H and O–H groups in total. The summed E-state index contributed by atoms with van der Waals surface area (Å²) in [6.45, 7) is 4.05. The van der Waals surface area contributed by atoms with Crippen LogP contribution in [0.5, 0.6) is 0 Å². The van der Waals surface area contributed by atoms with Gasteiger partial charge < -0.3 is 15.4 Å². The summed E-state index contributed by atoms with van der Waals surface area (Å²) < 4.78 is 4.95. The van der Waals surface area contributed by atoms with Crippen molar-refractivity contribution < 1.29 is 9.53 Å². The lowest BCUT2D eigenvalue weighted by atomic mass is 10.2. The number of amides is 1. The Morgan fingerprint density at radius 1 is 1.50 bits per heavy atom. The van der Waals surface area contributed by atoms with E-state index in [1.165, 1.54) is 29.7 Å². The van der Waals surface area contributed by atoms with E-state index in [0.29, 0.717) is 13.2 Å². The fraction of sp³-hybridized carbons (Fsp3) is 0.667. The molecule has 0 fully saturated rings. The Morgan fingerprint density at radius 3 is 3.10 bits per heavy atom. The van der Waals surface area contributed by atoms with Gasteiger partial charge >= 0.3 is 0 Å². The zero-order valence-corrected chi connectivity index (χ0v) is 13.1. The van der Waals surface area contributed by atoms with Crippen molar-refractivity contribution in [3.8, 4) is 0 Å². The predicted molar refractivity (Wildman–Crippen MR) is 82.1 cm³/mol. The number of nitrogens with one attached hydrogen (secondary N) is 2. The normalized spacial score (nSPS) is 15.1. The number of rotatable bonds is 8. The molecule has 1 heterocycles. The number of hydrogen-bond acceptors (Lipinski definition) is 4. The highest BCUT2D eigenvalue weighted by Gasteiger charge is 2.16. The van der Waals surface area contributed by atoms with Gasteiger partial charge in [-0.25, -0.2) is 0 Å². The van der Waals surface area contributed by atoms with E-state index in [2.05, 4.69) is 16.7 Å². The van der Waals surface area contributed by atoms with Gasteiger partial charge in [0.1, 0.15) is 0 Å². The third-order valence-electron chi connectivity index (χ3n) is 3.60. The largest absolute Gasteiger partial charge is 0.385 e. The zero-order valence-electron chi connectivity index (χ0n) is 12.3. The molecule has 0 radical (unpaired) electrons. The smallest absolute Gasteiger partial charge is 0.236 e. The number of aryl methyl sites for hydroxylation is 2. The number of hydrogen-bond donors (Lipinski definition) is 2. The van der Waals surface area contributed by atoms with Crippen molar-refractivity contribution in [3.63, 3.8) is 0 Å². The van der Waals surface area contributed by atoms with Crippen LogP contribution in [0.4, 0.5) is 0 Å². The first-order valence-corrected chi connectivity index (χ1v) is 8.13. The topological polar surface area (TPSA) is 50.4 Å². The minimum absolute atomic E-state index is 0.0604. The Morgan fingerprint density at radius 2 is 2.35 bits per heavy atom. The van der Waals surface area contributed by atoms with Gasteiger partial charge in [-0.1, -0.05) is 0 Å². The van der Waals surface area contributed by atoms with Gasteiger partial charge in [-0.15, -0.1) is 11.3 Å². The van der Waals surface area contributed by atoms with E-state index in [0.717, 1.165) is 13.0 Å². The molecule has 5 heteroatoms. The van der Waals surface area contributed by atoms with Crippen LogP contribution in [0, 0.1) is 0 Å². The Bertz CT molecular complexity index is 424. The molecule has 0 spiro atoms. The zero-order chi connectivity index (χ0) is 14.4. The highest BCUT2D eigenvalue weighted by Crippen LogP contribution is 2.30. The Balaban J connectivity index is 1.68. The molecule has 1 aromatic heterocycles. The SMILES string of the molecule is COCCCNC(=O)C(C)NCc1cc2c(s1)CCC2. The van der Waals surface area contributed by atoms with Gasteiger partial charge in [-0.3, -0.25) is 4.79 Å². The Hall–Kier alpha value is -0.910. The van der Waals surface area contributed by atoms with E-state index in [1.54, 1.807) is 12.0 Å². The van der Waals surface area contributed by atoms with Crippen molar-refractivity contribution in [2.24, 2.45) is 0 Å². The van der Waals surface area contributed by atoms with Crippen molar-refractivity contribution in [1.29, 1.82) is 0 Å². The lowest BCUT2D eigenvalue weighted by molar-refractivity contribution is -0.122. The lowest BCUT2D eigenvalue weighted by Gasteiger charge is -2.13. The van der Waals surface area contributed by atoms with Crippen molar-refractivity contribution in [3.05, 3.63) is 21.4 Å². The Kier molecular flexibility index (Phi) is 6.01. The minimum Gasteiger partial charge on any atom is -0.385 e. The molecule has 0 bridgehead atoms. The van der Waals surface area contributed by atoms with Gasteiger partial charge in [-0.05, 0) is 44.2 Å². The number of fused-ring (bicyclic) bond motifs is 1. The van der Waals surface area contributed by atoms with E-state index in [-0.39, 0.29) is 11.9 Å². The Labute approximate surface area is 124 Å². The van der Waals surface area contributed by atoms with Gasteiger partial charge in [0.2, 0.25) is 5.91 Å². The molecular weight excluding hydrogens is 272 g/mol. The first kappa shape index (κ1) is 15.5. The maximum Gasteiger partial charge on any atom is 0.236 e. The van der Waals surface area contributed by atoms with Crippen LogP contribution in [-0.2, 0) is 28.9 Å². The number of carbonyl (C=O) groups excluding carboxylic acids is 1. The molecule has 1 aromatic rings. The van der Waals surface area contributed by atoms with Gasteiger partial charge in [-0.2, -0.15) is 0 Å². The summed E-state index contributed by atoms with van der Waals surface area (Å²) in [5.41, 5.74) is 1.52. The molecule has 2 rings (SSSR count). The second-order valence-electron chi connectivity index (χ2n) is 5.25. The summed E-state index contributed by atoms with van der Waals surface area (Å²) in [6.07, 6.45) is 4.61. The monoisotopic (exact) mass is 296 g/mol. The van der Waals surface area contributed by atoms with Gasteiger partial charge in [0, 0.05) is 36.6 Å². The average molecular weight is 296 g/mol. The number of thiophene rings is 1. The van der Waals surface area contributed by atoms with E-state index >= 15 is 0 Å².